The number of benzene rings is 1. The Morgan fingerprint density at radius 3 is 1.97 bits per heavy atom. The van der Waals surface area contributed by atoms with E-state index in [0.29, 0.717) is 5.56 Å². The van der Waals surface area contributed by atoms with Crippen LogP contribution >= 0.6 is 0 Å². The van der Waals surface area contributed by atoms with Crippen molar-refractivity contribution in [2.24, 2.45) is 0 Å². The van der Waals surface area contributed by atoms with E-state index in [1.54, 1.807) is 6.92 Å². The van der Waals surface area contributed by atoms with Gasteiger partial charge in [0.1, 0.15) is 0 Å². The SMILES string of the molecule is C=C(F)C(=O)OC(OCCCCC(F)(F)C(F)(F)S(=O)(=O)O)(C(=O)Cc1ccc(C)cc1)C(F)(F)F. The van der Waals surface area contributed by atoms with Crippen LogP contribution < -0.4 is 0 Å². The Bertz CT molecular complexity index is 1070. The first kappa shape index (κ1) is 31.4. The minimum atomic E-state index is -6.52. The quantitative estimate of drug-likeness (QED) is 0.0938. The summed E-state index contributed by atoms with van der Waals surface area (Å²) in [5.41, 5.74) is 0.686. The maximum Gasteiger partial charge on any atom is 0.464 e. The van der Waals surface area contributed by atoms with E-state index in [-0.39, 0.29) is 5.56 Å². The molecule has 0 aliphatic rings. The van der Waals surface area contributed by atoms with Gasteiger partial charge >= 0.3 is 39.2 Å². The molecule has 0 bridgehead atoms. The molecule has 0 heterocycles. The van der Waals surface area contributed by atoms with Gasteiger partial charge < -0.3 is 9.47 Å². The van der Waals surface area contributed by atoms with E-state index in [4.69, 9.17) is 4.55 Å². The second kappa shape index (κ2) is 11.2. The van der Waals surface area contributed by atoms with Crippen LogP contribution in [0.1, 0.15) is 30.4 Å². The number of Topliss-reactive ketones (excluding diaryl/α,β-unsaturated/α-hetero) is 1. The highest BCUT2D eigenvalue weighted by Crippen LogP contribution is 2.42. The molecule has 204 valence electrons. The summed E-state index contributed by atoms with van der Waals surface area (Å²) in [6.45, 7) is 2.79. The van der Waals surface area contributed by atoms with Crippen LogP contribution in [0.4, 0.5) is 35.1 Å². The number of unbranched alkanes of at least 4 members (excludes halogenated alkanes) is 1. The Balaban J connectivity index is 3.12. The largest absolute Gasteiger partial charge is 0.464 e. The first-order chi connectivity index (χ1) is 16.2. The molecule has 1 aromatic rings. The summed E-state index contributed by atoms with van der Waals surface area (Å²) in [5, 5.41) is -5.89. The summed E-state index contributed by atoms with van der Waals surface area (Å²) < 4.78 is 146. The monoisotopic (exact) mass is 556 g/mol. The fourth-order valence-corrected chi connectivity index (χ4v) is 3.14. The number of esters is 1. The van der Waals surface area contributed by atoms with E-state index in [1.807, 2.05) is 0 Å². The topological polar surface area (TPSA) is 107 Å². The zero-order valence-electron chi connectivity index (χ0n) is 18.4. The van der Waals surface area contributed by atoms with E-state index in [0.717, 1.165) is 0 Å². The molecule has 1 aromatic carbocycles. The molecule has 0 saturated carbocycles. The van der Waals surface area contributed by atoms with Crippen molar-refractivity contribution in [3.63, 3.8) is 0 Å². The highest BCUT2D eigenvalue weighted by molar-refractivity contribution is 7.87. The van der Waals surface area contributed by atoms with Gasteiger partial charge in [-0.25, -0.2) is 4.79 Å². The van der Waals surface area contributed by atoms with Crippen molar-refractivity contribution < 1.29 is 67.2 Å². The lowest BCUT2D eigenvalue weighted by atomic mass is 10.0. The first-order valence-electron chi connectivity index (χ1n) is 9.78. The smallest absolute Gasteiger partial charge is 0.411 e. The molecule has 0 saturated heterocycles. The van der Waals surface area contributed by atoms with Gasteiger partial charge in [-0.15, -0.1) is 0 Å². The Morgan fingerprint density at radius 2 is 1.53 bits per heavy atom. The van der Waals surface area contributed by atoms with Crippen molar-refractivity contribution >= 4 is 21.9 Å². The molecule has 0 aromatic heterocycles. The van der Waals surface area contributed by atoms with E-state index in [2.05, 4.69) is 16.1 Å². The van der Waals surface area contributed by atoms with Gasteiger partial charge in [-0.3, -0.25) is 9.35 Å². The predicted octanol–water partition coefficient (Wildman–Crippen LogP) is 4.69. The molecule has 1 unspecified atom stereocenters. The van der Waals surface area contributed by atoms with Crippen LogP contribution in [-0.4, -0.2) is 54.5 Å². The Morgan fingerprint density at radius 1 is 1.00 bits per heavy atom. The van der Waals surface area contributed by atoms with Crippen molar-refractivity contribution in [1.82, 2.24) is 0 Å². The Kier molecular flexibility index (Phi) is 9.79. The molecule has 0 radical (unpaired) electrons. The van der Waals surface area contributed by atoms with Gasteiger partial charge in [0.25, 0.3) is 0 Å². The van der Waals surface area contributed by atoms with Gasteiger partial charge in [-0.05, 0) is 25.3 Å². The molecule has 36 heavy (non-hydrogen) atoms. The van der Waals surface area contributed by atoms with Crippen LogP contribution in [0.15, 0.2) is 36.7 Å². The number of halogens is 8. The van der Waals surface area contributed by atoms with E-state index in [9.17, 15) is 53.1 Å². The third kappa shape index (κ3) is 7.22. The average Bonchev–Trinajstić information content (AvgIpc) is 2.72. The van der Waals surface area contributed by atoms with Gasteiger partial charge in [0, 0.05) is 12.8 Å². The number of hydrogen-bond donors (Lipinski definition) is 1. The van der Waals surface area contributed by atoms with Gasteiger partial charge in [-0.2, -0.15) is 43.5 Å². The Labute approximate surface area is 199 Å². The minimum Gasteiger partial charge on any atom is -0.411 e. The number of carbonyl (C=O) groups excluding carboxylic acids is 2. The van der Waals surface area contributed by atoms with Gasteiger partial charge in [-0.1, -0.05) is 36.4 Å². The molecular formula is C20H20F8O7S. The summed E-state index contributed by atoms with van der Waals surface area (Å²) in [7, 11) is -6.52. The van der Waals surface area contributed by atoms with Crippen LogP contribution in [-0.2, 0) is 35.6 Å². The van der Waals surface area contributed by atoms with Gasteiger partial charge in [0.2, 0.25) is 11.6 Å². The summed E-state index contributed by atoms with van der Waals surface area (Å²) >= 11 is 0. The van der Waals surface area contributed by atoms with Gasteiger partial charge in [0.15, 0.2) is 0 Å². The summed E-state index contributed by atoms with van der Waals surface area (Å²) in [4.78, 5) is 24.1. The fourth-order valence-electron chi connectivity index (χ4n) is 2.66. The van der Waals surface area contributed by atoms with Crippen LogP contribution in [0.25, 0.3) is 0 Å². The molecule has 0 aliphatic heterocycles. The lowest BCUT2D eigenvalue weighted by molar-refractivity contribution is -0.346. The lowest BCUT2D eigenvalue weighted by Gasteiger charge is -2.33. The molecular weight excluding hydrogens is 536 g/mol. The molecule has 1 rings (SSSR count). The standard InChI is InChI=1S/C20H20F8O7S/c1-12-5-7-14(8-6-12)11-15(29)18(19(24,25)26,35-16(30)13(2)21)34-10-4-3-9-17(22,23)20(27,28)36(31,32)33/h5-8H,2-4,9-11H2,1H3,(H,31,32,33). The van der Waals surface area contributed by atoms with E-state index < -0.39 is 83.1 Å². The Hall–Kier alpha value is -2.59. The average molecular weight is 556 g/mol. The molecule has 0 aliphatic carbocycles. The second-order valence-corrected chi connectivity index (χ2v) is 8.96. The normalized spacial score (nSPS) is 14.7. The third-order valence-corrected chi connectivity index (χ3v) is 5.57. The van der Waals surface area contributed by atoms with Crippen LogP contribution in [0.5, 0.6) is 0 Å². The zero-order valence-corrected chi connectivity index (χ0v) is 19.2. The van der Waals surface area contributed by atoms with Gasteiger partial charge in [0.05, 0.1) is 6.61 Å². The maximum atomic E-state index is 13.9. The highest BCUT2D eigenvalue weighted by atomic mass is 32.2. The van der Waals surface area contributed by atoms with Crippen LogP contribution in [0.2, 0.25) is 0 Å². The minimum absolute atomic E-state index is 0.00466. The number of rotatable bonds is 13. The van der Waals surface area contributed by atoms with Crippen LogP contribution in [0, 0.1) is 6.92 Å². The highest BCUT2D eigenvalue weighted by Gasteiger charge is 2.66. The summed E-state index contributed by atoms with van der Waals surface area (Å²) in [6.07, 6.45) is -10.8. The van der Waals surface area contributed by atoms with Crippen molar-refractivity contribution in [3.05, 3.63) is 47.8 Å². The number of carbonyl (C=O) groups is 2. The maximum absolute atomic E-state index is 13.9. The number of aryl methyl sites for hydroxylation is 1. The van der Waals surface area contributed by atoms with Crippen molar-refractivity contribution in [2.75, 3.05) is 6.61 Å². The molecule has 1 atom stereocenters. The molecule has 16 heteroatoms. The lowest BCUT2D eigenvalue weighted by Crippen LogP contribution is -2.58. The van der Waals surface area contributed by atoms with Crippen molar-refractivity contribution in [2.45, 2.75) is 55.7 Å². The molecule has 7 nitrogen and oxygen atoms in total. The predicted molar refractivity (Wildman–Crippen MR) is 106 cm³/mol. The number of ether oxygens (including phenoxy) is 2. The molecule has 0 spiro atoms. The van der Waals surface area contributed by atoms with Crippen molar-refractivity contribution in [1.29, 1.82) is 0 Å². The third-order valence-electron chi connectivity index (χ3n) is 4.62. The van der Waals surface area contributed by atoms with E-state index >= 15 is 0 Å². The van der Waals surface area contributed by atoms with Crippen LogP contribution in [0.3, 0.4) is 0 Å². The second-order valence-electron chi connectivity index (χ2n) is 7.50. The number of hydrogen-bond acceptors (Lipinski definition) is 6. The first-order valence-corrected chi connectivity index (χ1v) is 11.2. The fraction of sp³-hybridized carbons (Fsp3) is 0.500. The zero-order chi connectivity index (χ0) is 28.2. The molecule has 1 N–H and O–H groups in total. The summed E-state index contributed by atoms with van der Waals surface area (Å²) in [6, 6.07) is 5.41. The molecule has 0 fully saturated rings. The van der Waals surface area contributed by atoms with E-state index in [1.165, 1.54) is 24.3 Å². The van der Waals surface area contributed by atoms with Crippen molar-refractivity contribution in [3.8, 4) is 0 Å². The number of ketones is 1. The number of alkyl halides is 7. The molecule has 0 amide bonds. The summed E-state index contributed by atoms with van der Waals surface area (Å²) in [5.74, 6) is -16.0.